The van der Waals surface area contributed by atoms with Crippen LogP contribution in [0.25, 0.3) is 11.3 Å². The van der Waals surface area contributed by atoms with Crippen molar-refractivity contribution in [3.8, 4) is 34.3 Å². The number of methoxy groups -OCH3 is 2. The molecular weight excluding hydrogens is 400 g/mol. The van der Waals surface area contributed by atoms with Crippen molar-refractivity contribution in [1.29, 1.82) is 0 Å². The van der Waals surface area contributed by atoms with E-state index in [0.29, 0.717) is 35.2 Å². The quantitative estimate of drug-likeness (QED) is 0.624. The molecule has 2 aliphatic rings. The fourth-order valence-electron chi connectivity index (χ4n) is 3.75. The third-order valence-electron chi connectivity index (χ3n) is 5.74. The van der Waals surface area contributed by atoms with Gasteiger partial charge in [0.2, 0.25) is 12.7 Å². The van der Waals surface area contributed by atoms with E-state index < -0.39 is 5.41 Å². The highest BCUT2D eigenvalue weighted by Crippen LogP contribution is 2.49. The van der Waals surface area contributed by atoms with Gasteiger partial charge in [0.15, 0.2) is 28.8 Å². The van der Waals surface area contributed by atoms with Crippen molar-refractivity contribution in [2.75, 3.05) is 21.0 Å². The number of carbonyl (C=O) groups is 1. The Hall–Kier alpha value is -3.68. The molecule has 1 aliphatic heterocycles. The molecule has 160 valence electrons. The number of aromatic nitrogens is 1. The average Bonchev–Trinajstić information content (AvgIpc) is 3.23. The molecule has 0 spiro atoms. The lowest BCUT2D eigenvalue weighted by Crippen LogP contribution is -2.34. The maximum atomic E-state index is 13.0. The Labute approximate surface area is 179 Å². The van der Waals surface area contributed by atoms with Gasteiger partial charge >= 0.3 is 0 Å². The van der Waals surface area contributed by atoms with E-state index >= 15 is 0 Å². The zero-order chi connectivity index (χ0) is 21.4. The van der Waals surface area contributed by atoms with Crippen molar-refractivity contribution in [3.05, 3.63) is 53.7 Å². The van der Waals surface area contributed by atoms with E-state index in [0.717, 1.165) is 29.7 Å². The van der Waals surface area contributed by atoms with Gasteiger partial charge < -0.3 is 28.8 Å². The summed E-state index contributed by atoms with van der Waals surface area (Å²) in [7, 11) is 3.17. The summed E-state index contributed by atoms with van der Waals surface area (Å²) in [5.41, 5.74) is 1.74. The summed E-state index contributed by atoms with van der Waals surface area (Å²) in [4.78, 5) is 13.0. The van der Waals surface area contributed by atoms with Crippen LogP contribution in [0.15, 0.2) is 47.0 Å². The largest absolute Gasteiger partial charge is 0.493 e. The predicted molar refractivity (Wildman–Crippen MR) is 110 cm³/mol. The minimum atomic E-state index is -0.644. The van der Waals surface area contributed by atoms with E-state index in [2.05, 4.69) is 10.5 Å². The fourth-order valence-corrected chi connectivity index (χ4v) is 3.75. The first kappa shape index (κ1) is 19.3. The smallest absolute Gasteiger partial charge is 0.232 e. The van der Waals surface area contributed by atoms with Gasteiger partial charge in [0.05, 0.1) is 25.3 Å². The molecule has 0 atom stereocenters. The SMILES string of the molecule is COc1ccc(-c2cc(C3(C(=O)NCc4ccc5c(c4)OCO5)CC3)no2)cc1OC. The number of carbonyl (C=O) groups excluding carboxylic acids is 1. The van der Waals surface area contributed by atoms with Gasteiger partial charge in [-0.3, -0.25) is 4.79 Å². The molecule has 0 unspecified atom stereocenters. The molecule has 8 nitrogen and oxygen atoms in total. The molecule has 0 bridgehead atoms. The van der Waals surface area contributed by atoms with Crippen molar-refractivity contribution < 1.29 is 28.3 Å². The van der Waals surface area contributed by atoms with Crippen molar-refractivity contribution in [2.45, 2.75) is 24.8 Å². The second-order valence-electron chi connectivity index (χ2n) is 7.60. The molecule has 0 radical (unpaired) electrons. The molecule has 2 aromatic carbocycles. The summed E-state index contributed by atoms with van der Waals surface area (Å²) in [5.74, 6) is 3.17. The number of hydrogen-bond acceptors (Lipinski definition) is 7. The fraction of sp³-hybridized carbons (Fsp3) is 0.304. The van der Waals surface area contributed by atoms with Crippen LogP contribution in [0.1, 0.15) is 24.1 Å². The van der Waals surface area contributed by atoms with Crippen LogP contribution in [-0.4, -0.2) is 32.1 Å². The Bertz CT molecular complexity index is 1130. The Morgan fingerprint density at radius 2 is 1.84 bits per heavy atom. The maximum Gasteiger partial charge on any atom is 0.232 e. The normalized spacial score (nSPS) is 15.4. The lowest BCUT2D eigenvalue weighted by Gasteiger charge is -2.12. The van der Waals surface area contributed by atoms with E-state index in [-0.39, 0.29) is 12.7 Å². The highest BCUT2D eigenvalue weighted by atomic mass is 16.7. The summed E-state index contributed by atoms with van der Waals surface area (Å²) in [5, 5.41) is 7.22. The topological polar surface area (TPSA) is 92.1 Å². The average molecular weight is 422 g/mol. The molecule has 0 saturated heterocycles. The zero-order valence-electron chi connectivity index (χ0n) is 17.3. The number of fused-ring (bicyclic) bond motifs is 1. The molecule has 1 fully saturated rings. The minimum Gasteiger partial charge on any atom is -0.493 e. The van der Waals surface area contributed by atoms with E-state index in [1.54, 1.807) is 20.3 Å². The van der Waals surface area contributed by atoms with Crippen LogP contribution in [0.4, 0.5) is 0 Å². The van der Waals surface area contributed by atoms with Gasteiger partial charge in [-0.15, -0.1) is 0 Å². The third kappa shape index (κ3) is 3.43. The van der Waals surface area contributed by atoms with Crippen LogP contribution in [-0.2, 0) is 16.8 Å². The van der Waals surface area contributed by atoms with Crippen LogP contribution in [0.3, 0.4) is 0 Å². The van der Waals surface area contributed by atoms with Crippen LogP contribution in [0.5, 0.6) is 23.0 Å². The number of hydrogen-bond donors (Lipinski definition) is 1. The van der Waals surface area contributed by atoms with Gasteiger partial charge in [-0.05, 0) is 48.7 Å². The molecule has 1 saturated carbocycles. The Morgan fingerprint density at radius 3 is 2.61 bits per heavy atom. The second-order valence-corrected chi connectivity index (χ2v) is 7.60. The number of nitrogens with one attached hydrogen (secondary N) is 1. The maximum absolute atomic E-state index is 13.0. The Balaban J connectivity index is 1.30. The Morgan fingerprint density at radius 1 is 1.03 bits per heavy atom. The van der Waals surface area contributed by atoms with Gasteiger partial charge in [-0.1, -0.05) is 11.2 Å². The number of benzene rings is 2. The van der Waals surface area contributed by atoms with Crippen LogP contribution in [0, 0.1) is 0 Å². The first-order valence-electron chi connectivity index (χ1n) is 9.99. The molecule has 5 rings (SSSR count). The van der Waals surface area contributed by atoms with Gasteiger partial charge in [-0.25, -0.2) is 0 Å². The van der Waals surface area contributed by atoms with Gasteiger partial charge in [0, 0.05) is 18.2 Å². The predicted octanol–water partition coefficient (Wildman–Crippen LogP) is 3.44. The number of amides is 1. The number of ether oxygens (including phenoxy) is 4. The summed E-state index contributed by atoms with van der Waals surface area (Å²) >= 11 is 0. The number of nitrogens with zero attached hydrogens (tertiary/aromatic N) is 1. The standard InChI is InChI=1S/C23H22N2O6/c1-27-16-6-4-15(10-19(16)28-2)18-11-21(25-31-18)23(7-8-23)22(26)24-12-14-3-5-17-20(9-14)30-13-29-17/h3-6,9-11H,7-8,12-13H2,1-2H3,(H,24,26). The van der Waals surface area contributed by atoms with Crippen LogP contribution >= 0.6 is 0 Å². The third-order valence-corrected chi connectivity index (χ3v) is 5.74. The van der Waals surface area contributed by atoms with Crippen LogP contribution < -0.4 is 24.3 Å². The molecule has 2 heterocycles. The molecule has 31 heavy (non-hydrogen) atoms. The summed E-state index contributed by atoms with van der Waals surface area (Å²) in [6.07, 6.45) is 1.47. The molecule has 1 N–H and O–H groups in total. The summed E-state index contributed by atoms with van der Waals surface area (Å²) < 4.78 is 26.9. The zero-order valence-corrected chi connectivity index (χ0v) is 17.3. The Kier molecular flexibility index (Phi) is 4.69. The van der Waals surface area contributed by atoms with Crippen molar-refractivity contribution in [2.24, 2.45) is 0 Å². The summed E-state index contributed by atoms with van der Waals surface area (Å²) in [6.45, 7) is 0.625. The van der Waals surface area contributed by atoms with E-state index in [1.807, 2.05) is 36.4 Å². The first-order valence-corrected chi connectivity index (χ1v) is 9.99. The van der Waals surface area contributed by atoms with Crippen molar-refractivity contribution in [1.82, 2.24) is 10.5 Å². The summed E-state index contributed by atoms with van der Waals surface area (Å²) in [6, 6.07) is 13.0. The molecule has 1 amide bonds. The first-order chi connectivity index (χ1) is 15.1. The highest BCUT2D eigenvalue weighted by molar-refractivity contribution is 5.91. The molecule has 3 aromatic rings. The monoisotopic (exact) mass is 422 g/mol. The van der Waals surface area contributed by atoms with E-state index in [1.165, 1.54) is 0 Å². The van der Waals surface area contributed by atoms with Gasteiger partial charge in [0.1, 0.15) is 0 Å². The number of rotatable bonds is 7. The highest BCUT2D eigenvalue weighted by Gasteiger charge is 2.53. The van der Waals surface area contributed by atoms with Gasteiger partial charge in [-0.2, -0.15) is 0 Å². The van der Waals surface area contributed by atoms with Crippen LogP contribution in [0.2, 0.25) is 0 Å². The van der Waals surface area contributed by atoms with Crippen molar-refractivity contribution >= 4 is 5.91 Å². The van der Waals surface area contributed by atoms with E-state index in [4.69, 9.17) is 23.5 Å². The lowest BCUT2D eigenvalue weighted by atomic mass is 10.00. The molecule has 8 heteroatoms. The molecular formula is C23H22N2O6. The second kappa shape index (κ2) is 7.54. The molecule has 1 aromatic heterocycles. The van der Waals surface area contributed by atoms with Crippen molar-refractivity contribution in [3.63, 3.8) is 0 Å². The van der Waals surface area contributed by atoms with Gasteiger partial charge in [0.25, 0.3) is 0 Å². The minimum absolute atomic E-state index is 0.0580. The lowest BCUT2D eigenvalue weighted by molar-refractivity contribution is -0.123. The van der Waals surface area contributed by atoms with E-state index in [9.17, 15) is 4.79 Å². The molecule has 1 aliphatic carbocycles.